The SMILES string of the molecule is CC(=O)C1=NN(c2ccccc2)[C@@H](c2cc(Cl)ccc2OCc2ccccc2F)N1c1ccc(C)cc1. The number of Topliss-reactive ketones (excluding diaryl/α,β-unsaturated/α-hetero) is 1. The number of amidine groups is 1. The number of hydrogen-bond donors (Lipinski definition) is 0. The average molecular weight is 514 g/mol. The second kappa shape index (κ2) is 10.4. The lowest BCUT2D eigenvalue weighted by molar-refractivity contribution is -0.111. The highest BCUT2D eigenvalue weighted by atomic mass is 35.5. The fourth-order valence-corrected chi connectivity index (χ4v) is 4.49. The molecule has 1 heterocycles. The molecule has 1 aliphatic heterocycles. The zero-order valence-corrected chi connectivity index (χ0v) is 21.2. The molecule has 5 nitrogen and oxygen atoms in total. The Morgan fingerprint density at radius 1 is 0.946 bits per heavy atom. The van der Waals surface area contributed by atoms with Crippen molar-refractivity contribution in [3.63, 3.8) is 0 Å². The second-order valence-corrected chi connectivity index (χ2v) is 9.24. The van der Waals surface area contributed by atoms with Crippen LogP contribution in [0.5, 0.6) is 5.75 Å². The van der Waals surface area contributed by atoms with E-state index in [0.29, 0.717) is 21.9 Å². The van der Waals surface area contributed by atoms with Crippen molar-refractivity contribution in [3.05, 3.63) is 125 Å². The average Bonchev–Trinajstić information content (AvgIpc) is 3.31. The van der Waals surface area contributed by atoms with Gasteiger partial charge in [0.1, 0.15) is 18.2 Å². The summed E-state index contributed by atoms with van der Waals surface area (Å²) >= 11 is 6.49. The number of anilines is 2. The Bertz CT molecular complexity index is 1460. The fourth-order valence-electron chi connectivity index (χ4n) is 4.31. The molecule has 4 aromatic rings. The molecular formula is C30H25ClFN3O2. The van der Waals surface area contributed by atoms with Gasteiger partial charge in [-0.2, -0.15) is 0 Å². The third-order valence-electron chi connectivity index (χ3n) is 6.15. The number of hydrazone groups is 1. The van der Waals surface area contributed by atoms with Crippen LogP contribution in [0, 0.1) is 12.7 Å². The minimum Gasteiger partial charge on any atom is -0.488 e. The zero-order valence-electron chi connectivity index (χ0n) is 20.4. The van der Waals surface area contributed by atoms with Gasteiger partial charge in [0.25, 0.3) is 0 Å². The summed E-state index contributed by atoms with van der Waals surface area (Å²) in [5, 5.41) is 7.06. The maximum absolute atomic E-state index is 14.3. The van der Waals surface area contributed by atoms with Crippen LogP contribution in [0.25, 0.3) is 0 Å². The summed E-state index contributed by atoms with van der Waals surface area (Å²) < 4.78 is 20.5. The van der Waals surface area contributed by atoms with E-state index >= 15 is 0 Å². The maximum atomic E-state index is 14.3. The van der Waals surface area contributed by atoms with Crippen LogP contribution in [0.1, 0.15) is 29.8 Å². The molecule has 0 fully saturated rings. The van der Waals surface area contributed by atoms with Gasteiger partial charge in [0.15, 0.2) is 17.8 Å². The van der Waals surface area contributed by atoms with E-state index in [0.717, 1.165) is 16.9 Å². The van der Waals surface area contributed by atoms with Gasteiger partial charge >= 0.3 is 0 Å². The number of benzene rings is 4. The Morgan fingerprint density at radius 3 is 2.35 bits per heavy atom. The standard InChI is InChI=1S/C30H25ClFN3O2/c1-20-12-15-24(16-13-20)34-29(21(2)36)33-35(25-9-4-3-5-10-25)30(34)26-18-23(31)14-17-28(26)37-19-22-8-6-7-11-27(22)32/h3-18,30H,19H2,1-2H3/t30-/m0/s1. The Kier molecular flexibility index (Phi) is 6.93. The molecule has 7 heteroatoms. The number of hydrogen-bond acceptors (Lipinski definition) is 5. The second-order valence-electron chi connectivity index (χ2n) is 8.80. The van der Waals surface area contributed by atoms with Crippen LogP contribution in [-0.2, 0) is 11.4 Å². The van der Waals surface area contributed by atoms with Gasteiger partial charge in [0.2, 0.25) is 0 Å². The minimum atomic E-state index is -0.585. The molecule has 0 radical (unpaired) electrons. The number of carbonyl (C=O) groups is 1. The number of aryl methyl sites for hydroxylation is 1. The lowest BCUT2D eigenvalue weighted by atomic mass is 10.1. The Labute approximate surface area is 220 Å². The Balaban J connectivity index is 1.65. The van der Waals surface area contributed by atoms with Crippen molar-refractivity contribution in [2.75, 3.05) is 9.91 Å². The van der Waals surface area contributed by atoms with Gasteiger partial charge in [0.05, 0.1) is 5.69 Å². The lowest BCUT2D eigenvalue weighted by Crippen LogP contribution is -2.38. The van der Waals surface area contributed by atoms with Crippen LogP contribution < -0.4 is 14.6 Å². The van der Waals surface area contributed by atoms with Gasteiger partial charge in [-0.1, -0.05) is 65.7 Å². The van der Waals surface area contributed by atoms with E-state index in [2.05, 4.69) is 0 Å². The molecule has 0 spiro atoms. The molecule has 0 amide bonds. The van der Waals surface area contributed by atoms with Gasteiger partial charge in [-0.15, -0.1) is 5.10 Å². The first-order valence-corrected chi connectivity index (χ1v) is 12.3. The van der Waals surface area contributed by atoms with E-state index in [9.17, 15) is 9.18 Å². The summed E-state index contributed by atoms with van der Waals surface area (Å²) in [4.78, 5) is 14.7. The molecule has 0 aliphatic carbocycles. The molecular weight excluding hydrogens is 489 g/mol. The molecule has 0 aromatic heterocycles. The lowest BCUT2D eigenvalue weighted by Gasteiger charge is -2.33. The topological polar surface area (TPSA) is 45.1 Å². The van der Waals surface area contributed by atoms with Gasteiger partial charge in [0, 0.05) is 28.8 Å². The summed E-state index contributed by atoms with van der Waals surface area (Å²) in [6.45, 7) is 3.54. The van der Waals surface area contributed by atoms with Crippen LogP contribution in [-0.4, -0.2) is 11.6 Å². The van der Waals surface area contributed by atoms with E-state index in [-0.39, 0.29) is 24.0 Å². The normalized spacial score (nSPS) is 15.0. The van der Waals surface area contributed by atoms with E-state index in [1.807, 2.05) is 66.4 Å². The van der Waals surface area contributed by atoms with Gasteiger partial charge in [-0.25, -0.2) is 9.40 Å². The van der Waals surface area contributed by atoms with E-state index < -0.39 is 6.17 Å². The van der Waals surface area contributed by atoms with Gasteiger partial charge in [-0.05, 0) is 55.5 Å². The molecule has 5 rings (SSSR count). The summed E-state index contributed by atoms with van der Waals surface area (Å²) in [5.41, 5.74) is 3.81. The van der Waals surface area contributed by atoms with Crippen LogP contribution in [0.15, 0.2) is 102 Å². The van der Waals surface area contributed by atoms with Crippen LogP contribution in [0.4, 0.5) is 15.8 Å². The smallest absolute Gasteiger partial charge is 0.198 e. The first kappa shape index (κ1) is 24.5. The summed E-state index contributed by atoms with van der Waals surface area (Å²) in [7, 11) is 0. The number of para-hydroxylation sites is 1. The van der Waals surface area contributed by atoms with E-state index in [1.54, 1.807) is 41.4 Å². The molecule has 0 saturated heterocycles. The van der Waals surface area contributed by atoms with Gasteiger partial charge in [-0.3, -0.25) is 9.69 Å². The van der Waals surface area contributed by atoms with Crippen molar-refractivity contribution in [2.24, 2.45) is 5.10 Å². The van der Waals surface area contributed by atoms with Crippen LogP contribution in [0.3, 0.4) is 0 Å². The minimum absolute atomic E-state index is 0.0321. The molecule has 0 saturated carbocycles. The third-order valence-corrected chi connectivity index (χ3v) is 6.38. The van der Waals surface area contributed by atoms with Crippen molar-refractivity contribution in [1.29, 1.82) is 0 Å². The number of ketones is 1. The predicted octanol–water partition coefficient (Wildman–Crippen LogP) is 7.29. The number of halogens is 2. The largest absolute Gasteiger partial charge is 0.488 e. The highest BCUT2D eigenvalue weighted by Gasteiger charge is 2.40. The van der Waals surface area contributed by atoms with Crippen molar-refractivity contribution >= 4 is 34.6 Å². The Morgan fingerprint density at radius 2 is 1.65 bits per heavy atom. The summed E-state index contributed by atoms with van der Waals surface area (Å²) in [6.07, 6.45) is -0.585. The number of rotatable bonds is 7. The molecule has 0 N–H and O–H groups in total. The zero-order chi connectivity index (χ0) is 25.9. The first-order chi connectivity index (χ1) is 17.9. The predicted molar refractivity (Wildman–Crippen MR) is 146 cm³/mol. The summed E-state index contributed by atoms with van der Waals surface area (Å²) in [5.74, 6) is 0.279. The van der Waals surface area contributed by atoms with Crippen molar-refractivity contribution < 1.29 is 13.9 Å². The molecule has 0 bridgehead atoms. The van der Waals surface area contributed by atoms with Crippen LogP contribution >= 0.6 is 11.6 Å². The molecule has 1 atom stereocenters. The molecule has 4 aromatic carbocycles. The van der Waals surface area contributed by atoms with E-state index in [1.165, 1.54) is 13.0 Å². The monoisotopic (exact) mass is 513 g/mol. The number of carbonyl (C=O) groups excluding carboxylic acids is 1. The Hall–Kier alpha value is -4.16. The quantitative estimate of drug-likeness (QED) is 0.260. The molecule has 186 valence electrons. The molecule has 37 heavy (non-hydrogen) atoms. The number of ether oxygens (including phenoxy) is 1. The van der Waals surface area contributed by atoms with Crippen LogP contribution in [0.2, 0.25) is 5.02 Å². The van der Waals surface area contributed by atoms with E-state index in [4.69, 9.17) is 21.4 Å². The highest BCUT2D eigenvalue weighted by molar-refractivity contribution is 6.44. The third kappa shape index (κ3) is 5.06. The summed E-state index contributed by atoms with van der Waals surface area (Å²) in [6, 6.07) is 29.3. The van der Waals surface area contributed by atoms with Crippen molar-refractivity contribution in [2.45, 2.75) is 26.6 Å². The van der Waals surface area contributed by atoms with Crippen molar-refractivity contribution in [3.8, 4) is 5.75 Å². The fraction of sp³-hybridized carbons (Fsp3) is 0.133. The highest BCUT2D eigenvalue weighted by Crippen LogP contribution is 2.43. The first-order valence-electron chi connectivity index (χ1n) is 11.9. The maximum Gasteiger partial charge on any atom is 0.198 e. The molecule has 0 unspecified atom stereocenters. The van der Waals surface area contributed by atoms with Gasteiger partial charge < -0.3 is 4.74 Å². The molecule has 1 aliphatic rings. The number of nitrogens with zero attached hydrogens (tertiary/aromatic N) is 3. The van der Waals surface area contributed by atoms with Crippen molar-refractivity contribution in [1.82, 2.24) is 0 Å².